The van der Waals surface area contributed by atoms with Crippen LogP contribution in [0.25, 0.3) is 0 Å². The average Bonchev–Trinajstić information content (AvgIpc) is 2.79. The number of hydrogen-bond acceptors (Lipinski definition) is 4. The molecule has 0 spiro atoms. The molecule has 0 radical (unpaired) electrons. The molecule has 2 aromatic rings. The quantitative estimate of drug-likeness (QED) is 0.872. The summed E-state index contributed by atoms with van der Waals surface area (Å²) in [6.07, 6.45) is 2.54. The number of aromatic nitrogens is 1. The fraction of sp³-hybridized carbons (Fsp3) is 0.333. The normalized spacial score (nSPS) is 11.0. The van der Waals surface area contributed by atoms with Crippen molar-refractivity contribution in [1.82, 2.24) is 4.98 Å². The number of rotatable bonds is 4. The predicted octanol–water partition coefficient (Wildman–Crippen LogP) is 3.79. The minimum atomic E-state index is -0.918. The van der Waals surface area contributed by atoms with Gasteiger partial charge in [0.25, 0.3) is 0 Å². The van der Waals surface area contributed by atoms with Crippen LogP contribution in [0.1, 0.15) is 29.9 Å². The Morgan fingerprint density at radius 2 is 2.14 bits per heavy atom. The van der Waals surface area contributed by atoms with Gasteiger partial charge in [-0.05, 0) is 44.0 Å². The van der Waals surface area contributed by atoms with Gasteiger partial charge in [-0.3, -0.25) is 4.79 Å². The molecule has 120 valence electrons. The van der Waals surface area contributed by atoms with E-state index in [1.54, 1.807) is 20.0 Å². The van der Waals surface area contributed by atoms with Crippen molar-refractivity contribution >= 4 is 46.4 Å². The molecular weight excluding hydrogens is 341 g/mol. The summed E-state index contributed by atoms with van der Waals surface area (Å²) in [7, 11) is 0. The van der Waals surface area contributed by atoms with Crippen LogP contribution in [-0.2, 0) is 11.2 Å². The lowest BCUT2D eigenvalue weighted by atomic mass is 10.1. The van der Waals surface area contributed by atoms with Crippen LogP contribution in [0.15, 0.2) is 24.4 Å². The smallest absolute Gasteiger partial charge is 0.245 e. The van der Waals surface area contributed by atoms with E-state index < -0.39 is 5.54 Å². The van der Waals surface area contributed by atoms with Crippen LogP contribution in [0.4, 0.5) is 5.13 Å². The summed E-state index contributed by atoms with van der Waals surface area (Å²) in [5.41, 5.74) is 7.16. The third kappa shape index (κ3) is 4.95. The highest BCUT2D eigenvalue weighted by Gasteiger charge is 2.22. The van der Waals surface area contributed by atoms with Crippen molar-refractivity contribution in [1.29, 1.82) is 0 Å². The number of nitrogens with two attached hydrogens (primary N) is 1. The van der Waals surface area contributed by atoms with Gasteiger partial charge in [0.1, 0.15) is 0 Å². The largest absolute Gasteiger partial charge is 0.318 e. The van der Waals surface area contributed by atoms with Crippen molar-refractivity contribution in [3.05, 3.63) is 45.4 Å². The first kappa shape index (κ1) is 18.9. The number of nitrogens with one attached hydrogen (secondary N) is 1. The van der Waals surface area contributed by atoms with Crippen LogP contribution in [0.2, 0.25) is 5.02 Å². The molecule has 0 fully saturated rings. The minimum absolute atomic E-state index is 0. The predicted molar refractivity (Wildman–Crippen MR) is 95.3 cm³/mol. The highest BCUT2D eigenvalue weighted by Crippen LogP contribution is 2.24. The monoisotopic (exact) mass is 359 g/mol. The number of thiazole rings is 1. The van der Waals surface area contributed by atoms with E-state index in [1.165, 1.54) is 16.9 Å². The molecule has 1 aromatic carbocycles. The number of amides is 1. The number of carbonyl (C=O) groups is 1. The highest BCUT2D eigenvalue weighted by atomic mass is 35.5. The zero-order valence-corrected chi connectivity index (χ0v) is 15.0. The van der Waals surface area contributed by atoms with Gasteiger partial charge in [0.15, 0.2) is 5.13 Å². The fourth-order valence-corrected chi connectivity index (χ4v) is 2.81. The van der Waals surface area contributed by atoms with Gasteiger partial charge >= 0.3 is 0 Å². The number of hydrogen-bond donors (Lipinski definition) is 2. The maximum Gasteiger partial charge on any atom is 0.245 e. The summed E-state index contributed by atoms with van der Waals surface area (Å²) in [5, 5.41) is 4.04. The summed E-state index contributed by atoms with van der Waals surface area (Å²) in [6.45, 7) is 5.35. The number of nitrogens with zero attached hydrogens (tertiary/aromatic N) is 1. The van der Waals surface area contributed by atoms with Crippen molar-refractivity contribution in [3.8, 4) is 0 Å². The third-order valence-corrected chi connectivity index (χ3v) is 4.18. The van der Waals surface area contributed by atoms with Crippen LogP contribution in [0.5, 0.6) is 0 Å². The maximum absolute atomic E-state index is 11.8. The van der Waals surface area contributed by atoms with E-state index in [0.717, 1.165) is 21.9 Å². The van der Waals surface area contributed by atoms with E-state index in [2.05, 4.69) is 10.3 Å². The molecule has 0 unspecified atom stereocenters. The summed E-state index contributed by atoms with van der Waals surface area (Å²) in [4.78, 5) is 17.1. The maximum atomic E-state index is 11.8. The molecule has 1 amide bonds. The molecule has 0 aliphatic heterocycles. The average molecular weight is 360 g/mol. The molecule has 1 aromatic heterocycles. The first-order valence-electron chi connectivity index (χ1n) is 6.56. The number of anilines is 1. The molecule has 0 aliphatic rings. The second-order valence-electron chi connectivity index (χ2n) is 5.56. The standard InChI is InChI=1S/C15H18ClN3OS.ClH/c1-9-6-11(16)5-4-10(9)7-12-8-18-14(21-12)19-13(20)15(2,3)17;/h4-6,8H,7,17H2,1-3H3,(H,18,19,20);1H. The van der Waals surface area contributed by atoms with Gasteiger partial charge in [-0.1, -0.05) is 17.7 Å². The van der Waals surface area contributed by atoms with Gasteiger partial charge in [-0.25, -0.2) is 4.98 Å². The SMILES string of the molecule is Cc1cc(Cl)ccc1Cc1cnc(NC(=O)C(C)(C)N)s1.Cl. The summed E-state index contributed by atoms with van der Waals surface area (Å²) in [6, 6.07) is 5.83. The number of halogens is 2. The number of benzene rings is 1. The molecule has 0 atom stereocenters. The zero-order chi connectivity index (χ0) is 15.6. The van der Waals surface area contributed by atoms with E-state index in [4.69, 9.17) is 17.3 Å². The van der Waals surface area contributed by atoms with E-state index in [1.807, 2.05) is 25.1 Å². The molecule has 0 aliphatic carbocycles. The Balaban J connectivity index is 0.00000242. The number of aryl methyl sites for hydroxylation is 1. The second-order valence-corrected chi connectivity index (χ2v) is 7.11. The topological polar surface area (TPSA) is 68.0 Å². The molecule has 0 saturated carbocycles. The molecule has 2 rings (SSSR count). The summed E-state index contributed by atoms with van der Waals surface area (Å²) in [5.74, 6) is -0.244. The highest BCUT2D eigenvalue weighted by molar-refractivity contribution is 7.15. The van der Waals surface area contributed by atoms with Gasteiger partial charge in [-0.2, -0.15) is 0 Å². The molecule has 3 N–H and O–H groups in total. The lowest BCUT2D eigenvalue weighted by Crippen LogP contribution is -2.45. The second kappa shape index (κ2) is 7.42. The van der Waals surface area contributed by atoms with Crippen LogP contribution in [0.3, 0.4) is 0 Å². The first-order valence-corrected chi connectivity index (χ1v) is 7.75. The molecule has 4 nitrogen and oxygen atoms in total. The molecule has 7 heteroatoms. The van der Waals surface area contributed by atoms with Crippen molar-refractivity contribution in [2.24, 2.45) is 5.73 Å². The molecule has 0 bridgehead atoms. The number of carbonyl (C=O) groups excluding carboxylic acids is 1. The van der Waals surface area contributed by atoms with Gasteiger partial charge in [0.2, 0.25) is 5.91 Å². The third-order valence-electron chi connectivity index (χ3n) is 3.03. The van der Waals surface area contributed by atoms with Gasteiger partial charge in [0.05, 0.1) is 5.54 Å². The van der Waals surface area contributed by atoms with Gasteiger partial charge < -0.3 is 11.1 Å². The minimum Gasteiger partial charge on any atom is -0.318 e. The van der Waals surface area contributed by atoms with E-state index in [0.29, 0.717) is 5.13 Å². The van der Waals surface area contributed by atoms with Crippen LogP contribution in [-0.4, -0.2) is 16.4 Å². The van der Waals surface area contributed by atoms with Crippen molar-refractivity contribution in [3.63, 3.8) is 0 Å². The van der Waals surface area contributed by atoms with Gasteiger partial charge in [0, 0.05) is 22.5 Å². The van der Waals surface area contributed by atoms with Crippen LogP contribution >= 0.6 is 35.3 Å². The van der Waals surface area contributed by atoms with E-state index in [9.17, 15) is 4.79 Å². The zero-order valence-electron chi connectivity index (χ0n) is 12.6. The molecule has 1 heterocycles. The molecule has 0 saturated heterocycles. The Bertz CT molecular complexity index is 665. The van der Waals surface area contributed by atoms with Crippen molar-refractivity contribution < 1.29 is 4.79 Å². The Hall–Kier alpha value is -1.14. The van der Waals surface area contributed by atoms with Crippen LogP contribution in [0, 0.1) is 6.92 Å². The Kier molecular flexibility index (Phi) is 6.38. The lowest BCUT2D eigenvalue weighted by Gasteiger charge is -2.16. The first-order chi connectivity index (χ1) is 9.75. The van der Waals surface area contributed by atoms with E-state index in [-0.39, 0.29) is 18.3 Å². The lowest BCUT2D eigenvalue weighted by molar-refractivity contribution is -0.120. The Morgan fingerprint density at radius 1 is 1.45 bits per heavy atom. The van der Waals surface area contributed by atoms with E-state index >= 15 is 0 Å². The molecular formula is C15H19Cl2N3OS. The van der Waals surface area contributed by atoms with Gasteiger partial charge in [-0.15, -0.1) is 23.7 Å². The fourth-order valence-electron chi connectivity index (χ4n) is 1.75. The Labute approximate surface area is 145 Å². The molecule has 22 heavy (non-hydrogen) atoms. The van der Waals surface area contributed by atoms with Crippen molar-refractivity contribution in [2.45, 2.75) is 32.7 Å². The summed E-state index contributed by atoms with van der Waals surface area (Å²) >= 11 is 7.41. The van der Waals surface area contributed by atoms with Crippen LogP contribution < -0.4 is 11.1 Å². The summed E-state index contributed by atoms with van der Waals surface area (Å²) < 4.78 is 0. The van der Waals surface area contributed by atoms with Crippen molar-refractivity contribution in [2.75, 3.05) is 5.32 Å². The Morgan fingerprint density at radius 3 is 2.73 bits per heavy atom.